The van der Waals surface area contributed by atoms with Crippen LogP contribution >= 0.6 is 48.0 Å². The van der Waals surface area contributed by atoms with Gasteiger partial charge in [0.2, 0.25) is 0 Å². The standard InChI is InChI=1S/C14H17Cl2F3N2O.2ClH/c1-7(20)9-3-10(15)12(16)11(13(9)22-2)8-4-21(5-8)6-14(17,18)19;;/h3,7-8H,4-6,20H2,1-2H3;2*1H. The molecule has 2 N–H and O–H groups in total. The molecule has 0 bridgehead atoms. The van der Waals surface area contributed by atoms with Crippen molar-refractivity contribution in [2.45, 2.75) is 25.1 Å². The van der Waals surface area contributed by atoms with Crippen LogP contribution in [0.15, 0.2) is 6.07 Å². The van der Waals surface area contributed by atoms with Crippen LogP contribution < -0.4 is 10.5 Å². The molecule has 1 aliphatic heterocycles. The Balaban J connectivity index is 0.00000264. The van der Waals surface area contributed by atoms with Crippen molar-refractivity contribution >= 4 is 48.0 Å². The average Bonchev–Trinajstić information content (AvgIpc) is 2.35. The maximum atomic E-state index is 12.4. The van der Waals surface area contributed by atoms with E-state index in [4.69, 9.17) is 33.7 Å². The van der Waals surface area contributed by atoms with E-state index < -0.39 is 12.7 Å². The molecule has 0 amide bonds. The van der Waals surface area contributed by atoms with E-state index in [9.17, 15) is 13.2 Å². The summed E-state index contributed by atoms with van der Waals surface area (Å²) in [6, 6.07) is 1.32. The summed E-state index contributed by atoms with van der Waals surface area (Å²) in [6.45, 7) is 1.37. The molecule has 1 heterocycles. The molecule has 0 saturated carbocycles. The molecule has 1 atom stereocenters. The van der Waals surface area contributed by atoms with E-state index in [1.807, 2.05) is 0 Å². The van der Waals surface area contributed by atoms with E-state index in [1.54, 1.807) is 13.0 Å². The van der Waals surface area contributed by atoms with Crippen LogP contribution in [0.2, 0.25) is 10.0 Å². The third-order valence-corrected chi connectivity index (χ3v) is 4.50. The highest BCUT2D eigenvalue weighted by atomic mass is 35.5. The molecule has 140 valence electrons. The Hall–Kier alpha value is -0.110. The number of hydrogen-bond donors (Lipinski definition) is 1. The van der Waals surface area contributed by atoms with Crippen LogP contribution in [0.1, 0.15) is 30.0 Å². The maximum absolute atomic E-state index is 12.4. The van der Waals surface area contributed by atoms with E-state index in [2.05, 4.69) is 0 Å². The van der Waals surface area contributed by atoms with Gasteiger partial charge in [-0.1, -0.05) is 23.2 Å². The van der Waals surface area contributed by atoms with Gasteiger partial charge in [0.15, 0.2) is 0 Å². The summed E-state index contributed by atoms with van der Waals surface area (Å²) in [6.07, 6.45) is -4.20. The minimum absolute atomic E-state index is 0. The van der Waals surface area contributed by atoms with Gasteiger partial charge >= 0.3 is 6.18 Å². The SMILES string of the molecule is COc1c(C(C)N)cc(Cl)c(Cl)c1C1CN(CC(F)(F)F)C1.Cl.Cl. The first-order valence-electron chi connectivity index (χ1n) is 6.74. The zero-order chi connectivity index (χ0) is 16.7. The molecule has 24 heavy (non-hydrogen) atoms. The monoisotopic (exact) mass is 428 g/mol. The lowest BCUT2D eigenvalue weighted by Gasteiger charge is -2.41. The molecule has 0 radical (unpaired) electrons. The van der Waals surface area contributed by atoms with Crippen LogP contribution in [0.25, 0.3) is 0 Å². The molecule has 0 aromatic heterocycles. The predicted octanol–water partition coefficient (Wildman–Crippen LogP) is 4.83. The van der Waals surface area contributed by atoms with E-state index in [0.717, 1.165) is 0 Å². The summed E-state index contributed by atoms with van der Waals surface area (Å²) in [4.78, 5) is 1.31. The highest BCUT2D eigenvalue weighted by Gasteiger charge is 2.39. The fourth-order valence-corrected chi connectivity index (χ4v) is 3.23. The number of nitrogens with two attached hydrogens (primary N) is 1. The second-order valence-corrected chi connectivity index (χ2v) is 6.29. The van der Waals surface area contributed by atoms with Crippen molar-refractivity contribution in [1.29, 1.82) is 0 Å². The number of alkyl halides is 3. The number of rotatable bonds is 4. The Labute approximate surface area is 161 Å². The molecule has 1 fully saturated rings. The van der Waals surface area contributed by atoms with Crippen molar-refractivity contribution in [2.24, 2.45) is 5.73 Å². The van der Waals surface area contributed by atoms with Crippen molar-refractivity contribution < 1.29 is 17.9 Å². The minimum atomic E-state index is -4.20. The molecule has 0 spiro atoms. The van der Waals surface area contributed by atoms with Crippen molar-refractivity contribution in [3.05, 3.63) is 27.2 Å². The van der Waals surface area contributed by atoms with Gasteiger partial charge in [0.25, 0.3) is 0 Å². The zero-order valence-electron chi connectivity index (χ0n) is 13.0. The summed E-state index contributed by atoms with van der Waals surface area (Å²) in [5.74, 6) is 0.363. The lowest BCUT2D eigenvalue weighted by Crippen LogP contribution is -2.49. The van der Waals surface area contributed by atoms with Gasteiger partial charge in [-0.2, -0.15) is 13.2 Å². The van der Waals surface area contributed by atoms with E-state index in [-0.39, 0.29) is 49.9 Å². The first-order chi connectivity index (χ1) is 10.1. The van der Waals surface area contributed by atoms with Gasteiger partial charge in [-0.05, 0) is 13.0 Å². The predicted molar refractivity (Wildman–Crippen MR) is 95.3 cm³/mol. The smallest absolute Gasteiger partial charge is 0.401 e. The lowest BCUT2D eigenvalue weighted by molar-refractivity contribution is -0.154. The van der Waals surface area contributed by atoms with Gasteiger partial charge < -0.3 is 10.5 Å². The molecule has 1 unspecified atom stereocenters. The number of ether oxygens (including phenoxy) is 1. The molecule has 2 rings (SSSR count). The van der Waals surface area contributed by atoms with Crippen LogP contribution in [-0.4, -0.2) is 37.8 Å². The Morgan fingerprint density at radius 3 is 2.29 bits per heavy atom. The number of hydrogen-bond acceptors (Lipinski definition) is 3. The topological polar surface area (TPSA) is 38.5 Å². The minimum Gasteiger partial charge on any atom is -0.496 e. The molecule has 1 aromatic carbocycles. The molecular formula is C14H19Cl4F3N2O. The van der Waals surface area contributed by atoms with Gasteiger partial charge in [0.05, 0.1) is 23.7 Å². The highest BCUT2D eigenvalue weighted by Crippen LogP contribution is 2.45. The zero-order valence-corrected chi connectivity index (χ0v) is 16.1. The quantitative estimate of drug-likeness (QED) is 0.745. The molecule has 1 aromatic rings. The highest BCUT2D eigenvalue weighted by molar-refractivity contribution is 6.42. The van der Waals surface area contributed by atoms with Crippen molar-refractivity contribution in [2.75, 3.05) is 26.7 Å². The molecule has 1 saturated heterocycles. The van der Waals surface area contributed by atoms with Crippen LogP contribution in [-0.2, 0) is 0 Å². The van der Waals surface area contributed by atoms with Gasteiger partial charge in [-0.25, -0.2) is 0 Å². The fourth-order valence-electron chi connectivity index (χ4n) is 2.72. The summed E-state index contributed by atoms with van der Waals surface area (Å²) in [5, 5.41) is 0.651. The molecule has 1 aliphatic rings. The molecule has 10 heteroatoms. The van der Waals surface area contributed by atoms with Gasteiger partial charge in [0.1, 0.15) is 5.75 Å². The second-order valence-electron chi connectivity index (χ2n) is 5.50. The van der Waals surface area contributed by atoms with Gasteiger partial charge in [-0.15, -0.1) is 24.8 Å². The van der Waals surface area contributed by atoms with Crippen molar-refractivity contribution in [3.63, 3.8) is 0 Å². The Morgan fingerprint density at radius 2 is 1.88 bits per heavy atom. The number of likely N-dealkylation sites (tertiary alicyclic amines) is 1. The van der Waals surface area contributed by atoms with E-state index >= 15 is 0 Å². The average molecular weight is 430 g/mol. The van der Waals surface area contributed by atoms with Gasteiger partial charge in [-0.3, -0.25) is 4.90 Å². The second kappa shape index (κ2) is 9.01. The van der Waals surface area contributed by atoms with E-state index in [1.165, 1.54) is 12.0 Å². The molecule has 3 nitrogen and oxygen atoms in total. The van der Waals surface area contributed by atoms with Crippen LogP contribution in [0, 0.1) is 0 Å². The fraction of sp³-hybridized carbons (Fsp3) is 0.571. The summed E-state index contributed by atoms with van der Waals surface area (Å²) in [5.41, 5.74) is 7.24. The Bertz CT molecular complexity index is 564. The van der Waals surface area contributed by atoms with Crippen LogP contribution in [0.3, 0.4) is 0 Å². The lowest BCUT2D eigenvalue weighted by atomic mass is 9.88. The number of nitrogens with zero attached hydrogens (tertiary/aromatic N) is 1. The third kappa shape index (κ3) is 5.19. The number of benzene rings is 1. The van der Waals surface area contributed by atoms with Crippen molar-refractivity contribution in [3.8, 4) is 5.75 Å². The van der Waals surface area contributed by atoms with Crippen LogP contribution in [0.4, 0.5) is 13.2 Å². The normalized spacial score (nSPS) is 16.7. The van der Waals surface area contributed by atoms with Crippen molar-refractivity contribution in [1.82, 2.24) is 4.90 Å². The maximum Gasteiger partial charge on any atom is 0.401 e. The van der Waals surface area contributed by atoms with Crippen LogP contribution in [0.5, 0.6) is 5.75 Å². The number of methoxy groups -OCH3 is 1. The van der Waals surface area contributed by atoms with E-state index in [0.29, 0.717) is 26.9 Å². The summed E-state index contributed by atoms with van der Waals surface area (Å²) < 4.78 is 42.6. The summed E-state index contributed by atoms with van der Waals surface area (Å²) >= 11 is 12.4. The molecule has 0 aliphatic carbocycles. The third-order valence-electron chi connectivity index (χ3n) is 3.70. The first kappa shape index (κ1) is 23.9. The Kier molecular flexibility index (Phi) is 8.97. The summed E-state index contributed by atoms with van der Waals surface area (Å²) in [7, 11) is 1.49. The largest absolute Gasteiger partial charge is 0.496 e. The Morgan fingerprint density at radius 1 is 1.33 bits per heavy atom. The number of halogens is 7. The van der Waals surface area contributed by atoms with Gasteiger partial charge in [0, 0.05) is 36.2 Å². The molecular weight excluding hydrogens is 411 g/mol. The first-order valence-corrected chi connectivity index (χ1v) is 7.50.